The van der Waals surface area contributed by atoms with Crippen LogP contribution < -0.4 is 5.32 Å². The van der Waals surface area contributed by atoms with E-state index in [4.69, 9.17) is 0 Å². The Balaban J connectivity index is 1.55. The van der Waals surface area contributed by atoms with Gasteiger partial charge in [0.05, 0.1) is 10.8 Å². The fourth-order valence-corrected chi connectivity index (χ4v) is 6.65. The number of aromatic nitrogens is 2. The van der Waals surface area contributed by atoms with Crippen LogP contribution in [0.3, 0.4) is 0 Å². The molecule has 150 valence electrons. The third kappa shape index (κ3) is 3.58. The summed E-state index contributed by atoms with van der Waals surface area (Å²) in [6.45, 7) is 4.49. The lowest BCUT2D eigenvalue weighted by molar-refractivity contribution is -0.125. The molecule has 2 aliphatic heterocycles. The molecule has 5 rings (SSSR count). The number of rotatable bonds is 5. The summed E-state index contributed by atoms with van der Waals surface area (Å²) in [5.74, 6) is 0.587. The molecular formula is C19H24N4O3S2. The van der Waals surface area contributed by atoms with Crippen molar-refractivity contribution >= 4 is 32.6 Å². The molecular weight excluding hydrogens is 396 g/mol. The van der Waals surface area contributed by atoms with Gasteiger partial charge in [-0.1, -0.05) is 32.0 Å². The minimum absolute atomic E-state index is 0.158. The first-order valence-corrected chi connectivity index (χ1v) is 11.8. The predicted octanol–water partition coefficient (Wildman–Crippen LogP) is 3.09. The first kappa shape index (κ1) is 19.5. The third-order valence-electron chi connectivity index (χ3n) is 5.61. The Hall–Kier alpha value is -1.84. The quantitative estimate of drug-likeness (QED) is 0.802. The van der Waals surface area contributed by atoms with Gasteiger partial charge in [-0.2, -0.15) is 8.68 Å². The number of sulfonamides is 1. The monoisotopic (exact) mass is 420 g/mol. The molecule has 1 aromatic heterocycles. The molecule has 2 bridgehead atoms. The number of fused-ring (bicyclic) bond motifs is 3. The van der Waals surface area contributed by atoms with E-state index in [0.717, 1.165) is 6.42 Å². The van der Waals surface area contributed by atoms with Crippen LogP contribution >= 0.6 is 11.5 Å². The van der Waals surface area contributed by atoms with Crippen LogP contribution in [0.2, 0.25) is 0 Å². The van der Waals surface area contributed by atoms with Crippen molar-refractivity contribution in [3.63, 3.8) is 0 Å². The topological polar surface area (TPSA) is 92.3 Å². The fraction of sp³-hybridized carbons (Fsp3) is 0.526. The van der Waals surface area contributed by atoms with E-state index in [2.05, 4.69) is 14.7 Å². The van der Waals surface area contributed by atoms with Gasteiger partial charge in [0, 0.05) is 30.0 Å². The van der Waals surface area contributed by atoms with Crippen molar-refractivity contribution in [2.75, 3.05) is 11.9 Å². The average molecular weight is 421 g/mol. The maximum atomic E-state index is 13.2. The zero-order valence-electron chi connectivity index (χ0n) is 15.9. The van der Waals surface area contributed by atoms with Crippen molar-refractivity contribution in [3.05, 3.63) is 36.2 Å². The van der Waals surface area contributed by atoms with E-state index in [9.17, 15) is 13.2 Å². The van der Waals surface area contributed by atoms with Crippen LogP contribution in [0.25, 0.3) is 0 Å². The van der Waals surface area contributed by atoms with Crippen molar-refractivity contribution in [1.82, 2.24) is 13.7 Å². The minimum atomic E-state index is -3.61. The Labute approximate surface area is 169 Å². The number of benzene rings is 1. The number of carbonyl (C=O) groups excluding carboxylic acids is 1. The van der Waals surface area contributed by atoms with E-state index in [1.54, 1.807) is 34.6 Å². The van der Waals surface area contributed by atoms with Crippen LogP contribution in [0.1, 0.15) is 44.9 Å². The number of hydrogen-bond donors (Lipinski definition) is 1. The number of nitrogens with zero attached hydrogens (tertiary/aromatic N) is 3. The highest BCUT2D eigenvalue weighted by molar-refractivity contribution is 7.89. The third-order valence-corrected chi connectivity index (χ3v) is 8.16. The van der Waals surface area contributed by atoms with E-state index < -0.39 is 10.0 Å². The molecule has 1 N–H and O–H groups in total. The number of nitrogens with one attached hydrogen (secondary N) is 1. The van der Waals surface area contributed by atoms with Crippen LogP contribution in [0.4, 0.5) is 5.13 Å². The van der Waals surface area contributed by atoms with E-state index in [1.807, 2.05) is 13.8 Å². The van der Waals surface area contributed by atoms with Gasteiger partial charge < -0.3 is 5.32 Å². The molecule has 9 heteroatoms. The number of piperidine rings is 2. The van der Waals surface area contributed by atoms with Crippen molar-refractivity contribution in [2.45, 2.75) is 50.0 Å². The van der Waals surface area contributed by atoms with Gasteiger partial charge in [0.1, 0.15) is 5.82 Å². The van der Waals surface area contributed by atoms with E-state index in [0.29, 0.717) is 30.3 Å². The summed E-state index contributed by atoms with van der Waals surface area (Å²) >= 11 is 1.17. The van der Waals surface area contributed by atoms with Crippen LogP contribution in [0, 0.1) is 11.8 Å². The lowest BCUT2D eigenvalue weighted by Crippen LogP contribution is -2.57. The van der Waals surface area contributed by atoms with Gasteiger partial charge in [0.2, 0.25) is 21.1 Å². The van der Waals surface area contributed by atoms with Gasteiger partial charge in [0.15, 0.2) is 0 Å². The zero-order valence-corrected chi connectivity index (χ0v) is 17.5. The molecule has 3 aliphatic rings. The molecule has 3 unspecified atom stereocenters. The number of hydrogen-bond acceptors (Lipinski definition) is 6. The fourth-order valence-electron chi connectivity index (χ4n) is 4.15. The van der Waals surface area contributed by atoms with Gasteiger partial charge in [-0.05, 0) is 37.3 Å². The van der Waals surface area contributed by atoms with Crippen molar-refractivity contribution in [1.29, 1.82) is 0 Å². The van der Waals surface area contributed by atoms with Crippen LogP contribution in [0.15, 0.2) is 35.2 Å². The van der Waals surface area contributed by atoms with E-state index in [-0.39, 0.29) is 34.6 Å². The second-order valence-corrected chi connectivity index (χ2v) is 10.5. The lowest BCUT2D eigenvalue weighted by atomic mass is 9.73. The molecule has 3 heterocycles. The molecule has 0 spiro atoms. The Kier molecular flexibility index (Phi) is 5.24. The first-order valence-electron chi connectivity index (χ1n) is 9.57. The molecule has 0 radical (unpaired) electrons. The summed E-state index contributed by atoms with van der Waals surface area (Å²) in [6, 6.07) is 8.16. The average Bonchev–Trinajstić information content (AvgIpc) is 3.17. The molecule has 2 saturated heterocycles. The van der Waals surface area contributed by atoms with Gasteiger partial charge in [-0.3, -0.25) is 4.79 Å². The largest absolute Gasteiger partial charge is 0.300 e. The molecule has 1 aliphatic carbocycles. The van der Waals surface area contributed by atoms with Crippen LogP contribution in [0.5, 0.6) is 0 Å². The zero-order chi connectivity index (χ0) is 19.9. The molecule has 1 aromatic carbocycles. The number of carbonyl (C=O) groups is 1. The smallest absolute Gasteiger partial charge is 0.243 e. The van der Waals surface area contributed by atoms with Gasteiger partial charge >= 0.3 is 0 Å². The normalized spacial score (nSPS) is 25.2. The molecule has 28 heavy (non-hydrogen) atoms. The van der Waals surface area contributed by atoms with Crippen molar-refractivity contribution < 1.29 is 13.2 Å². The summed E-state index contributed by atoms with van der Waals surface area (Å²) in [5.41, 5.74) is 0. The van der Waals surface area contributed by atoms with Gasteiger partial charge in [-0.25, -0.2) is 13.4 Å². The van der Waals surface area contributed by atoms with Crippen LogP contribution in [-0.2, 0) is 14.8 Å². The SMILES string of the molecule is CC(C)c1nsc(NC(=O)C2CC3CCC2N(S(=O)(=O)c2ccccc2)C3)n1. The maximum Gasteiger partial charge on any atom is 0.243 e. The van der Waals surface area contributed by atoms with Gasteiger partial charge in [-0.15, -0.1) is 0 Å². The Morgan fingerprint density at radius 2 is 2.00 bits per heavy atom. The Bertz CT molecular complexity index is 959. The highest BCUT2D eigenvalue weighted by atomic mass is 32.2. The highest BCUT2D eigenvalue weighted by Crippen LogP contribution is 2.42. The molecule has 7 nitrogen and oxygen atoms in total. The molecule has 3 atom stereocenters. The molecule has 1 amide bonds. The summed E-state index contributed by atoms with van der Waals surface area (Å²) in [4.78, 5) is 17.6. The molecule has 2 aromatic rings. The van der Waals surface area contributed by atoms with Crippen molar-refractivity contribution in [3.8, 4) is 0 Å². The number of anilines is 1. The second kappa shape index (κ2) is 7.53. The highest BCUT2D eigenvalue weighted by Gasteiger charge is 2.48. The van der Waals surface area contributed by atoms with Crippen molar-refractivity contribution in [2.24, 2.45) is 11.8 Å². The Morgan fingerprint density at radius 1 is 1.25 bits per heavy atom. The standard InChI is InChI=1S/C19H24N4O3S2/c1-12(2)17-20-19(27-22-17)21-18(24)15-10-13-8-9-16(15)23(11-13)28(25,26)14-6-4-3-5-7-14/h3-7,12-13,15-16H,8-11H2,1-2H3,(H,20,21,22,24). The lowest BCUT2D eigenvalue weighted by Gasteiger charge is -2.48. The van der Waals surface area contributed by atoms with Crippen LogP contribution in [-0.4, -0.2) is 40.6 Å². The molecule has 1 saturated carbocycles. The Morgan fingerprint density at radius 3 is 2.64 bits per heavy atom. The summed E-state index contributed by atoms with van der Waals surface area (Å²) in [5, 5.41) is 3.35. The summed E-state index contributed by atoms with van der Waals surface area (Å²) < 4.78 is 32.1. The predicted molar refractivity (Wildman–Crippen MR) is 108 cm³/mol. The van der Waals surface area contributed by atoms with E-state index in [1.165, 1.54) is 11.5 Å². The molecule has 3 fully saturated rings. The summed E-state index contributed by atoms with van der Waals surface area (Å²) in [7, 11) is -3.61. The summed E-state index contributed by atoms with van der Waals surface area (Å²) in [6.07, 6.45) is 2.39. The van der Waals surface area contributed by atoms with E-state index >= 15 is 0 Å². The minimum Gasteiger partial charge on any atom is -0.300 e. The van der Waals surface area contributed by atoms with Gasteiger partial charge in [0.25, 0.3) is 0 Å². The second-order valence-electron chi connectivity index (χ2n) is 7.84. The maximum absolute atomic E-state index is 13.2. The number of amides is 1. The first-order chi connectivity index (χ1) is 13.4.